The molecule has 0 aromatic rings. The third kappa shape index (κ3) is 2.59. The van der Waals surface area contributed by atoms with Crippen LogP contribution in [0.4, 0.5) is 0 Å². The summed E-state index contributed by atoms with van der Waals surface area (Å²) in [6.07, 6.45) is -1.36. The minimum atomic E-state index is -1.23. The lowest BCUT2D eigenvalue weighted by molar-refractivity contribution is -0.156. The van der Waals surface area contributed by atoms with Crippen molar-refractivity contribution in [3.8, 4) is 0 Å². The number of carbonyl (C=O) groups excluding carboxylic acids is 2. The SMILES string of the molecule is C[C@@H](O)[C@H]1C(=O)N2C(C(=O)O)=C(CN3C[C@H](O)C[C@@H]3C(N)=O)S[C@H]12. The van der Waals surface area contributed by atoms with Gasteiger partial charge in [0.05, 0.1) is 24.2 Å². The van der Waals surface area contributed by atoms with E-state index in [-0.39, 0.29) is 25.2 Å². The number of aliphatic carboxylic acids is 1. The summed E-state index contributed by atoms with van der Waals surface area (Å²) in [6.45, 7) is 1.83. The molecule has 5 atom stereocenters. The van der Waals surface area contributed by atoms with E-state index < -0.39 is 47.3 Å². The van der Waals surface area contributed by atoms with Gasteiger partial charge in [0.15, 0.2) is 0 Å². The highest BCUT2D eigenvalue weighted by Crippen LogP contribution is 2.50. The number of carbonyl (C=O) groups is 3. The average molecular weight is 357 g/mol. The largest absolute Gasteiger partial charge is 0.477 e. The van der Waals surface area contributed by atoms with Gasteiger partial charge in [-0.05, 0) is 13.3 Å². The molecule has 10 heteroatoms. The molecule has 0 aromatic heterocycles. The minimum Gasteiger partial charge on any atom is -0.477 e. The topological polar surface area (TPSA) is 144 Å². The molecule has 0 saturated carbocycles. The van der Waals surface area contributed by atoms with Gasteiger partial charge in [0.25, 0.3) is 0 Å². The van der Waals surface area contributed by atoms with Crippen molar-refractivity contribution >= 4 is 29.5 Å². The predicted molar refractivity (Wildman–Crippen MR) is 83.2 cm³/mol. The Bertz CT molecular complexity index is 636. The van der Waals surface area contributed by atoms with Crippen molar-refractivity contribution in [2.75, 3.05) is 13.1 Å². The van der Waals surface area contributed by atoms with Gasteiger partial charge < -0.3 is 21.1 Å². The third-order valence-electron chi connectivity index (χ3n) is 4.63. The Morgan fingerprint density at radius 2 is 2.12 bits per heavy atom. The van der Waals surface area contributed by atoms with Crippen LogP contribution in [0.1, 0.15) is 13.3 Å². The zero-order valence-electron chi connectivity index (χ0n) is 13.0. The van der Waals surface area contributed by atoms with Crippen molar-refractivity contribution in [3.05, 3.63) is 10.6 Å². The van der Waals surface area contributed by atoms with E-state index in [2.05, 4.69) is 0 Å². The van der Waals surface area contributed by atoms with Crippen LogP contribution in [-0.2, 0) is 14.4 Å². The number of carboxylic acid groups (broad SMARTS) is 1. The van der Waals surface area contributed by atoms with Crippen molar-refractivity contribution in [1.82, 2.24) is 9.80 Å². The van der Waals surface area contributed by atoms with Gasteiger partial charge in [-0.1, -0.05) is 0 Å². The third-order valence-corrected chi connectivity index (χ3v) is 5.98. The van der Waals surface area contributed by atoms with Gasteiger partial charge in [0.1, 0.15) is 11.1 Å². The molecule has 3 aliphatic heterocycles. The molecule has 3 aliphatic rings. The molecule has 2 saturated heterocycles. The minimum absolute atomic E-state index is 0.114. The number of primary amides is 1. The Morgan fingerprint density at radius 1 is 1.46 bits per heavy atom. The number of amides is 2. The first-order valence-electron chi connectivity index (χ1n) is 7.58. The second kappa shape index (κ2) is 6.03. The normalized spacial score (nSPS) is 34.3. The molecule has 0 aromatic carbocycles. The van der Waals surface area contributed by atoms with E-state index >= 15 is 0 Å². The molecule has 0 unspecified atom stereocenters. The highest BCUT2D eigenvalue weighted by Gasteiger charge is 2.57. The van der Waals surface area contributed by atoms with Gasteiger partial charge >= 0.3 is 5.97 Å². The molecule has 0 spiro atoms. The number of aliphatic hydroxyl groups is 2. The Kier molecular flexibility index (Phi) is 4.32. The van der Waals surface area contributed by atoms with Crippen LogP contribution < -0.4 is 5.73 Å². The van der Waals surface area contributed by atoms with Crippen molar-refractivity contribution in [1.29, 1.82) is 0 Å². The van der Waals surface area contributed by atoms with Crippen LogP contribution in [0.25, 0.3) is 0 Å². The highest BCUT2D eigenvalue weighted by molar-refractivity contribution is 8.04. The van der Waals surface area contributed by atoms with Gasteiger partial charge in [-0.3, -0.25) is 19.4 Å². The number of hydrogen-bond donors (Lipinski definition) is 4. The van der Waals surface area contributed by atoms with E-state index in [9.17, 15) is 29.7 Å². The average Bonchev–Trinajstić information content (AvgIpc) is 2.97. The molecular weight excluding hydrogens is 338 g/mol. The number of nitrogens with zero attached hydrogens (tertiary/aromatic N) is 2. The number of fused-ring (bicyclic) bond motifs is 1. The lowest BCUT2D eigenvalue weighted by Gasteiger charge is -2.43. The Balaban J connectivity index is 1.84. The first-order chi connectivity index (χ1) is 11.2. The van der Waals surface area contributed by atoms with E-state index in [1.54, 1.807) is 4.90 Å². The number of rotatable bonds is 5. The number of β-amino-alcohol motifs (C(OH)–C–C–N with tert-alkyl or cyclic N) is 1. The molecule has 9 nitrogen and oxygen atoms in total. The van der Waals surface area contributed by atoms with E-state index in [0.717, 1.165) is 0 Å². The van der Waals surface area contributed by atoms with E-state index in [1.807, 2.05) is 0 Å². The van der Waals surface area contributed by atoms with Gasteiger partial charge in [-0.15, -0.1) is 11.8 Å². The summed E-state index contributed by atoms with van der Waals surface area (Å²) in [5.74, 6) is -2.86. The number of thioether (sulfide) groups is 1. The number of nitrogens with two attached hydrogens (primary N) is 1. The molecule has 3 heterocycles. The van der Waals surface area contributed by atoms with Crippen LogP contribution in [0, 0.1) is 5.92 Å². The van der Waals surface area contributed by atoms with Crippen LogP contribution >= 0.6 is 11.8 Å². The van der Waals surface area contributed by atoms with Gasteiger partial charge in [-0.2, -0.15) is 0 Å². The molecule has 5 N–H and O–H groups in total. The number of hydrogen-bond acceptors (Lipinski definition) is 7. The fraction of sp³-hybridized carbons (Fsp3) is 0.643. The second-order valence-electron chi connectivity index (χ2n) is 6.30. The smallest absolute Gasteiger partial charge is 0.353 e. The maximum atomic E-state index is 12.1. The first kappa shape index (κ1) is 17.2. The second-order valence-corrected chi connectivity index (χ2v) is 7.51. The molecule has 132 valence electrons. The summed E-state index contributed by atoms with van der Waals surface area (Å²) in [7, 11) is 0. The summed E-state index contributed by atoms with van der Waals surface area (Å²) in [4.78, 5) is 38.5. The van der Waals surface area contributed by atoms with Crippen molar-refractivity contribution in [2.45, 2.75) is 37.0 Å². The summed E-state index contributed by atoms with van der Waals surface area (Å²) < 4.78 is 0. The Labute approximate surface area is 142 Å². The van der Waals surface area contributed by atoms with Crippen molar-refractivity contribution < 1.29 is 29.7 Å². The van der Waals surface area contributed by atoms with Crippen LogP contribution in [0.2, 0.25) is 0 Å². The lowest BCUT2D eigenvalue weighted by atomic mass is 9.92. The zero-order chi connectivity index (χ0) is 17.8. The van der Waals surface area contributed by atoms with Gasteiger partial charge in [0.2, 0.25) is 11.8 Å². The molecule has 0 radical (unpaired) electrons. The fourth-order valence-electron chi connectivity index (χ4n) is 3.50. The quantitative estimate of drug-likeness (QED) is 0.418. The summed E-state index contributed by atoms with van der Waals surface area (Å²) in [5, 5.41) is 28.5. The summed E-state index contributed by atoms with van der Waals surface area (Å²) in [6, 6.07) is -0.667. The fourth-order valence-corrected chi connectivity index (χ4v) is 5.13. The van der Waals surface area contributed by atoms with E-state index in [4.69, 9.17) is 5.73 Å². The van der Waals surface area contributed by atoms with Gasteiger partial charge in [-0.25, -0.2) is 4.79 Å². The number of carboxylic acids is 1. The number of aliphatic hydroxyl groups excluding tert-OH is 2. The number of likely N-dealkylation sites (tertiary alicyclic amines) is 1. The first-order valence-corrected chi connectivity index (χ1v) is 8.46. The molecule has 0 bridgehead atoms. The van der Waals surface area contributed by atoms with E-state index in [0.29, 0.717) is 4.91 Å². The van der Waals surface area contributed by atoms with Crippen LogP contribution in [0.5, 0.6) is 0 Å². The Hall–Kier alpha value is -1.62. The van der Waals surface area contributed by atoms with Crippen LogP contribution in [-0.4, -0.2) is 79.6 Å². The maximum Gasteiger partial charge on any atom is 0.353 e. The van der Waals surface area contributed by atoms with Crippen LogP contribution in [0.3, 0.4) is 0 Å². The van der Waals surface area contributed by atoms with Crippen LogP contribution in [0.15, 0.2) is 10.6 Å². The monoisotopic (exact) mass is 357 g/mol. The molecule has 24 heavy (non-hydrogen) atoms. The standard InChI is InChI=1S/C14H19N3O6S/c1-5(18)9-12(21)17-10(14(22)23)8(24-13(9)17)4-16-3-6(19)2-7(16)11(15)20/h5-7,9,13,18-19H,2-4H2,1H3,(H2,15,20)(H,22,23)/t5-,6-,7-,9+,13-/m1/s1. The van der Waals surface area contributed by atoms with Crippen molar-refractivity contribution in [2.24, 2.45) is 11.7 Å². The Morgan fingerprint density at radius 3 is 2.67 bits per heavy atom. The van der Waals surface area contributed by atoms with Gasteiger partial charge in [0, 0.05) is 18.0 Å². The molecule has 0 aliphatic carbocycles. The summed E-state index contributed by atoms with van der Waals surface area (Å²) in [5.41, 5.74) is 5.23. The van der Waals surface area contributed by atoms with Crippen molar-refractivity contribution in [3.63, 3.8) is 0 Å². The van der Waals surface area contributed by atoms with E-state index in [1.165, 1.54) is 23.6 Å². The lowest BCUT2D eigenvalue weighted by Crippen LogP contribution is -2.60. The predicted octanol–water partition coefficient (Wildman–Crippen LogP) is -1.88. The molecule has 3 rings (SSSR count). The molecular formula is C14H19N3O6S. The summed E-state index contributed by atoms with van der Waals surface area (Å²) >= 11 is 1.21. The highest BCUT2D eigenvalue weighted by atomic mass is 32.2. The maximum absolute atomic E-state index is 12.1. The molecule has 2 fully saturated rings. The molecule has 2 amide bonds. The number of β-lactam (4-membered cyclic amide) rings is 1. The zero-order valence-corrected chi connectivity index (χ0v) is 13.8.